The fourth-order valence-corrected chi connectivity index (χ4v) is 15.5. The highest BCUT2D eigenvalue weighted by Crippen LogP contribution is 2.64. The van der Waals surface area contributed by atoms with Gasteiger partial charge in [0, 0.05) is 82.3 Å². The van der Waals surface area contributed by atoms with Crippen LogP contribution in [0.5, 0.6) is 0 Å². The first-order chi connectivity index (χ1) is 23.5. The molecule has 0 aromatic rings. The second-order valence-electron chi connectivity index (χ2n) is 18.5. The van der Waals surface area contributed by atoms with Crippen molar-refractivity contribution in [3.8, 4) is 0 Å². The van der Waals surface area contributed by atoms with Crippen LogP contribution in [0.3, 0.4) is 0 Å². The first-order valence-corrected chi connectivity index (χ1v) is 20.5. The van der Waals surface area contributed by atoms with Crippen molar-refractivity contribution in [1.82, 2.24) is 0 Å². The molecule has 0 saturated heterocycles. The summed E-state index contributed by atoms with van der Waals surface area (Å²) in [6, 6.07) is 0. The Morgan fingerprint density at radius 2 is 0.750 bits per heavy atom. The quantitative estimate of drug-likeness (QED) is 0.212. The minimum Gasteiger partial charge on any atom is -0.384 e. The molecule has 6 nitrogen and oxygen atoms in total. The summed E-state index contributed by atoms with van der Waals surface area (Å²) in [5.41, 5.74) is 0. The minimum atomic E-state index is 0.852. The number of methoxy groups -OCH3 is 6. The summed E-state index contributed by atoms with van der Waals surface area (Å²) in [5.74, 6) is 17.2. The van der Waals surface area contributed by atoms with E-state index in [0.29, 0.717) is 0 Å². The molecule has 0 N–H and O–H groups in total. The van der Waals surface area contributed by atoms with Gasteiger partial charge in [0.25, 0.3) is 0 Å². The van der Waals surface area contributed by atoms with Gasteiger partial charge in [-0.05, 0) is 184 Å². The highest BCUT2D eigenvalue weighted by Gasteiger charge is 2.58. The molecule has 0 aliphatic heterocycles. The molecule has 6 bridgehead atoms. The lowest BCUT2D eigenvalue weighted by molar-refractivity contribution is 0.0512. The molecular formula is C42H72O6. The first-order valence-electron chi connectivity index (χ1n) is 20.5. The van der Waals surface area contributed by atoms with Gasteiger partial charge >= 0.3 is 0 Å². The van der Waals surface area contributed by atoms with Gasteiger partial charge < -0.3 is 28.4 Å². The van der Waals surface area contributed by atoms with Crippen molar-refractivity contribution < 1.29 is 28.4 Å². The zero-order chi connectivity index (χ0) is 33.4. The smallest absolute Gasteiger partial charge is 0.0493 e. The zero-order valence-electron chi connectivity index (χ0n) is 31.6. The molecule has 0 aromatic heterocycles. The molecule has 18 atom stereocenters. The Hall–Kier alpha value is -0.240. The molecule has 9 saturated carbocycles. The molecular weight excluding hydrogens is 600 g/mol. The fraction of sp³-hybridized carbons (Fsp3) is 1.00. The molecule has 48 heavy (non-hydrogen) atoms. The number of ether oxygens (including phenoxy) is 6. The van der Waals surface area contributed by atoms with Crippen LogP contribution in [0.25, 0.3) is 0 Å². The molecule has 18 unspecified atom stereocenters. The van der Waals surface area contributed by atoms with Crippen LogP contribution >= 0.6 is 0 Å². The molecule has 0 heterocycles. The summed E-state index contributed by atoms with van der Waals surface area (Å²) in [6.07, 6.45) is 17.4. The van der Waals surface area contributed by atoms with Crippen molar-refractivity contribution in [2.45, 2.75) is 77.0 Å². The number of hydrogen-bond donors (Lipinski definition) is 0. The van der Waals surface area contributed by atoms with Gasteiger partial charge in [0.05, 0.1) is 0 Å². The topological polar surface area (TPSA) is 55.4 Å². The van der Waals surface area contributed by atoms with Gasteiger partial charge in [-0.2, -0.15) is 0 Å². The summed E-state index contributed by atoms with van der Waals surface area (Å²) in [4.78, 5) is 0. The maximum Gasteiger partial charge on any atom is 0.0493 e. The van der Waals surface area contributed by atoms with Crippen LogP contribution in [-0.2, 0) is 28.4 Å². The normalized spacial score (nSPS) is 49.9. The Bertz CT molecular complexity index is 997. The van der Waals surface area contributed by atoms with E-state index in [1.165, 1.54) is 77.0 Å². The molecule has 0 aromatic carbocycles. The van der Waals surface area contributed by atoms with Crippen LogP contribution in [-0.4, -0.2) is 82.3 Å². The van der Waals surface area contributed by atoms with Crippen LogP contribution in [0.15, 0.2) is 0 Å². The Morgan fingerprint density at radius 1 is 0.312 bits per heavy atom. The van der Waals surface area contributed by atoms with Crippen LogP contribution in [0.2, 0.25) is 0 Å². The van der Waals surface area contributed by atoms with Gasteiger partial charge in [-0.3, -0.25) is 0 Å². The van der Waals surface area contributed by atoms with Crippen molar-refractivity contribution in [3.05, 3.63) is 0 Å². The molecule has 6 heteroatoms. The van der Waals surface area contributed by atoms with Crippen molar-refractivity contribution in [2.24, 2.45) is 107 Å². The van der Waals surface area contributed by atoms with E-state index in [2.05, 4.69) is 0 Å². The van der Waals surface area contributed by atoms with E-state index in [4.69, 9.17) is 28.4 Å². The number of hydrogen-bond acceptors (Lipinski definition) is 6. The van der Waals surface area contributed by atoms with Crippen molar-refractivity contribution in [1.29, 1.82) is 0 Å². The second-order valence-corrected chi connectivity index (χ2v) is 18.5. The Morgan fingerprint density at radius 3 is 1.38 bits per heavy atom. The molecule has 9 aliphatic carbocycles. The van der Waals surface area contributed by atoms with E-state index in [-0.39, 0.29) is 0 Å². The largest absolute Gasteiger partial charge is 0.384 e. The van der Waals surface area contributed by atoms with Crippen molar-refractivity contribution >= 4 is 0 Å². The molecule has 9 aliphatic rings. The predicted octanol–water partition coefficient (Wildman–Crippen LogP) is 7.73. The van der Waals surface area contributed by atoms with E-state index in [9.17, 15) is 0 Å². The van der Waals surface area contributed by atoms with Gasteiger partial charge in [-0.1, -0.05) is 0 Å². The highest BCUT2D eigenvalue weighted by atomic mass is 16.5. The Kier molecular flexibility index (Phi) is 12.2. The van der Waals surface area contributed by atoms with E-state index < -0.39 is 0 Å². The third kappa shape index (κ3) is 6.84. The van der Waals surface area contributed by atoms with Crippen molar-refractivity contribution in [2.75, 3.05) is 82.3 Å². The molecule has 276 valence electrons. The fourth-order valence-electron chi connectivity index (χ4n) is 15.5. The summed E-state index contributed by atoms with van der Waals surface area (Å²) >= 11 is 0. The van der Waals surface area contributed by atoms with Gasteiger partial charge in [0.15, 0.2) is 0 Å². The summed E-state index contributed by atoms with van der Waals surface area (Å²) in [5, 5.41) is 0. The number of rotatable bonds is 12. The monoisotopic (exact) mass is 673 g/mol. The second kappa shape index (κ2) is 16.2. The van der Waals surface area contributed by atoms with Crippen LogP contribution in [0, 0.1) is 107 Å². The average molecular weight is 673 g/mol. The number of fused-ring (bicyclic) bond motifs is 15. The zero-order valence-corrected chi connectivity index (χ0v) is 31.6. The lowest BCUT2D eigenvalue weighted by Gasteiger charge is -2.34. The Labute approximate surface area is 293 Å². The van der Waals surface area contributed by atoms with Gasteiger partial charge in [-0.25, -0.2) is 0 Å². The van der Waals surface area contributed by atoms with Crippen LogP contribution in [0.1, 0.15) is 77.0 Å². The van der Waals surface area contributed by atoms with E-state index in [1.807, 2.05) is 42.7 Å². The van der Waals surface area contributed by atoms with Crippen LogP contribution in [0.4, 0.5) is 0 Å². The maximum absolute atomic E-state index is 5.41. The SMILES string of the molecule is COCC1CC2C3CC(COC)C(C3)C2C1.COCC1CC2CC1C1C(COC)CCC21.COCC1CC2CC1C1CCC(COC)C21. The van der Waals surface area contributed by atoms with E-state index in [1.54, 1.807) is 0 Å². The molecule has 9 fully saturated rings. The summed E-state index contributed by atoms with van der Waals surface area (Å²) in [7, 11) is 11.1. The van der Waals surface area contributed by atoms with Crippen LogP contribution < -0.4 is 0 Å². The lowest BCUT2D eigenvalue weighted by Crippen LogP contribution is -2.31. The van der Waals surface area contributed by atoms with Gasteiger partial charge in [0.2, 0.25) is 0 Å². The maximum atomic E-state index is 5.41. The lowest BCUT2D eigenvalue weighted by atomic mass is 9.73. The van der Waals surface area contributed by atoms with E-state index >= 15 is 0 Å². The summed E-state index contributed by atoms with van der Waals surface area (Å²) < 4.78 is 32.3. The summed E-state index contributed by atoms with van der Waals surface area (Å²) in [6.45, 7) is 5.97. The van der Waals surface area contributed by atoms with E-state index in [0.717, 1.165) is 146 Å². The molecule has 0 amide bonds. The Balaban J connectivity index is 0.000000114. The third-order valence-electron chi connectivity index (χ3n) is 16.6. The van der Waals surface area contributed by atoms with Gasteiger partial charge in [0.1, 0.15) is 0 Å². The third-order valence-corrected chi connectivity index (χ3v) is 16.6. The standard InChI is InChI=1S/3C14H24O2/c1-15-7-9-3-12-10-5-11(8-16-2)13(6-10)14(12)4-9;1-15-7-9-3-4-12-13-6-10(14(9)12)5-11(13)8-16-2;1-15-7-9-3-4-12-10-5-11(8-16-2)13(6-10)14(9)12/h3*9-14H,3-8H2,1-2H3. The minimum absolute atomic E-state index is 0.852. The average Bonchev–Trinajstić information content (AvgIpc) is 3.91. The molecule has 0 radical (unpaired) electrons. The predicted molar refractivity (Wildman–Crippen MR) is 189 cm³/mol. The highest BCUT2D eigenvalue weighted by molar-refractivity contribution is 5.07. The van der Waals surface area contributed by atoms with Gasteiger partial charge in [-0.15, -0.1) is 0 Å². The first kappa shape index (κ1) is 36.1. The molecule has 0 spiro atoms. The van der Waals surface area contributed by atoms with Crippen molar-refractivity contribution in [3.63, 3.8) is 0 Å². The molecule has 9 rings (SSSR count).